The van der Waals surface area contributed by atoms with Gasteiger partial charge in [0.15, 0.2) is 0 Å². The molecule has 2 rings (SSSR count). The SMILES string of the molecule is O=C(CCCCCCCCCCN1C(=O)CCC1=O)NCc1ccco1. The molecule has 1 N–H and O–H groups in total. The van der Waals surface area contributed by atoms with Crippen molar-refractivity contribution in [2.45, 2.75) is 77.2 Å². The summed E-state index contributed by atoms with van der Waals surface area (Å²) in [6.45, 7) is 1.05. The van der Waals surface area contributed by atoms with Gasteiger partial charge in [0.1, 0.15) is 5.76 Å². The Morgan fingerprint density at radius 1 is 0.962 bits per heavy atom. The second-order valence-corrected chi connectivity index (χ2v) is 6.87. The molecule has 0 saturated carbocycles. The molecule has 2 heterocycles. The van der Waals surface area contributed by atoms with Crippen LogP contribution in [0.15, 0.2) is 22.8 Å². The van der Waals surface area contributed by atoms with Crippen LogP contribution < -0.4 is 5.32 Å². The van der Waals surface area contributed by atoms with Gasteiger partial charge in [0, 0.05) is 25.8 Å². The summed E-state index contributed by atoms with van der Waals surface area (Å²) in [5.41, 5.74) is 0. The van der Waals surface area contributed by atoms with E-state index in [1.165, 1.54) is 17.7 Å². The van der Waals surface area contributed by atoms with E-state index >= 15 is 0 Å². The van der Waals surface area contributed by atoms with Crippen molar-refractivity contribution in [3.63, 3.8) is 0 Å². The van der Waals surface area contributed by atoms with Crippen LogP contribution in [0.25, 0.3) is 0 Å². The third-order valence-corrected chi connectivity index (χ3v) is 4.73. The molecule has 6 heteroatoms. The van der Waals surface area contributed by atoms with E-state index in [2.05, 4.69) is 5.32 Å². The van der Waals surface area contributed by atoms with Gasteiger partial charge in [0.25, 0.3) is 0 Å². The molecule has 0 aromatic carbocycles. The third-order valence-electron chi connectivity index (χ3n) is 4.73. The van der Waals surface area contributed by atoms with Crippen molar-refractivity contribution in [1.29, 1.82) is 0 Å². The van der Waals surface area contributed by atoms with Crippen LogP contribution in [-0.2, 0) is 20.9 Å². The molecular formula is C20H30N2O4. The monoisotopic (exact) mass is 362 g/mol. The molecule has 6 nitrogen and oxygen atoms in total. The highest BCUT2D eigenvalue weighted by Gasteiger charge is 2.27. The first kappa shape index (κ1) is 20.2. The maximum atomic E-state index is 11.7. The van der Waals surface area contributed by atoms with Gasteiger partial charge < -0.3 is 9.73 Å². The van der Waals surface area contributed by atoms with Gasteiger partial charge in [0.2, 0.25) is 17.7 Å². The van der Waals surface area contributed by atoms with Crippen LogP contribution >= 0.6 is 0 Å². The molecule has 26 heavy (non-hydrogen) atoms. The Labute approximate surface area is 155 Å². The number of nitrogens with zero attached hydrogens (tertiary/aromatic N) is 1. The number of carbonyl (C=O) groups is 3. The summed E-state index contributed by atoms with van der Waals surface area (Å²) in [5.74, 6) is 0.829. The lowest BCUT2D eigenvalue weighted by molar-refractivity contribution is -0.138. The summed E-state index contributed by atoms with van der Waals surface area (Å²) in [7, 11) is 0. The maximum absolute atomic E-state index is 11.7. The van der Waals surface area contributed by atoms with E-state index in [1.807, 2.05) is 12.1 Å². The molecule has 3 amide bonds. The Morgan fingerprint density at radius 2 is 1.58 bits per heavy atom. The van der Waals surface area contributed by atoms with Crippen LogP contribution in [0.3, 0.4) is 0 Å². The Morgan fingerprint density at radius 3 is 2.19 bits per heavy atom. The van der Waals surface area contributed by atoms with E-state index in [4.69, 9.17) is 4.42 Å². The molecule has 1 aromatic heterocycles. The molecule has 1 saturated heterocycles. The smallest absolute Gasteiger partial charge is 0.229 e. The Bertz CT molecular complexity index is 552. The number of likely N-dealkylation sites (tertiary alicyclic amines) is 1. The number of imide groups is 1. The molecular weight excluding hydrogens is 332 g/mol. The molecule has 1 aromatic rings. The summed E-state index contributed by atoms with van der Waals surface area (Å²) in [5, 5.41) is 2.86. The van der Waals surface area contributed by atoms with Gasteiger partial charge in [-0.25, -0.2) is 0 Å². The maximum Gasteiger partial charge on any atom is 0.229 e. The quantitative estimate of drug-likeness (QED) is 0.430. The van der Waals surface area contributed by atoms with E-state index in [-0.39, 0.29) is 17.7 Å². The summed E-state index contributed by atoms with van der Waals surface area (Å²) in [6.07, 6.45) is 11.6. The average molecular weight is 362 g/mol. The Hall–Kier alpha value is -2.11. The van der Waals surface area contributed by atoms with Crippen molar-refractivity contribution in [3.05, 3.63) is 24.2 Å². The minimum atomic E-state index is -0.0109. The van der Waals surface area contributed by atoms with Crippen molar-refractivity contribution >= 4 is 17.7 Å². The number of unbranched alkanes of at least 4 members (excludes halogenated alkanes) is 7. The summed E-state index contributed by atoms with van der Waals surface area (Å²) < 4.78 is 5.17. The van der Waals surface area contributed by atoms with Crippen LogP contribution in [0.4, 0.5) is 0 Å². The fourth-order valence-corrected chi connectivity index (χ4v) is 3.18. The first-order valence-corrected chi connectivity index (χ1v) is 9.79. The highest BCUT2D eigenvalue weighted by molar-refractivity contribution is 6.01. The lowest BCUT2D eigenvalue weighted by Gasteiger charge is -2.13. The van der Waals surface area contributed by atoms with E-state index < -0.39 is 0 Å². The van der Waals surface area contributed by atoms with Gasteiger partial charge in [-0.15, -0.1) is 0 Å². The van der Waals surface area contributed by atoms with Gasteiger partial charge in [0.05, 0.1) is 12.8 Å². The molecule has 1 aliphatic rings. The zero-order chi connectivity index (χ0) is 18.6. The highest BCUT2D eigenvalue weighted by Crippen LogP contribution is 2.14. The highest BCUT2D eigenvalue weighted by atomic mass is 16.3. The van der Waals surface area contributed by atoms with Crippen molar-refractivity contribution in [1.82, 2.24) is 10.2 Å². The van der Waals surface area contributed by atoms with E-state index in [9.17, 15) is 14.4 Å². The first-order chi connectivity index (χ1) is 12.7. The zero-order valence-corrected chi connectivity index (χ0v) is 15.5. The summed E-state index contributed by atoms with van der Waals surface area (Å²) >= 11 is 0. The van der Waals surface area contributed by atoms with Crippen LogP contribution in [0.2, 0.25) is 0 Å². The Balaban J connectivity index is 1.35. The largest absolute Gasteiger partial charge is 0.467 e. The number of hydrogen-bond acceptors (Lipinski definition) is 4. The minimum absolute atomic E-state index is 0.0109. The molecule has 1 aliphatic heterocycles. The standard InChI is InChI=1S/C20H30N2O4/c23-18(21-16-17-10-9-15-26-17)11-7-5-3-1-2-4-6-8-14-22-19(24)12-13-20(22)25/h9-10,15H,1-8,11-14,16H2,(H,21,23). The number of furan rings is 1. The third kappa shape index (κ3) is 7.42. The van der Waals surface area contributed by atoms with Crippen LogP contribution in [-0.4, -0.2) is 29.2 Å². The van der Waals surface area contributed by atoms with Crippen LogP contribution in [0.5, 0.6) is 0 Å². The number of amides is 3. The lowest BCUT2D eigenvalue weighted by atomic mass is 10.1. The molecule has 0 bridgehead atoms. The van der Waals surface area contributed by atoms with Crippen molar-refractivity contribution in [2.75, 3.05) is 6.54 Å². The van der Waals surface area contributed by atoms with Crippen molar-refractivity contribution < 1.29 is 18.8 Å². The van der Waals surface area contributed by atoms with Gasteiger partial charge in [-0.2, -0.15) is 0 Å². The Kier molecular flexibility index (Phi) is 8.93. The number of rotatable bonds is 13. The van der Waals surface area contributed by atoms with Crippen molar-refractivity contribution in [3.8, 4) is 0 Å². The van der Waals surface area contributed by atoms with Gasteiger partial charge in [-0.3, -0.25) is 19.3 Å². The fourth-order valence-electron chi connectivity index (χ4n) is 3.18. The second-order valence-electron chi connectivity index (χ2n) is 6.87. The van der Waals surface area contributed by atoms with Gasteiger partial charge in [-0.05, 0) is 25.0 Å². The molecule has 144 valence electrons. The number of carbonyl (C=O) groups excluding carboxylic acids is 3. The fraction of sp³-hybridized carbons (Fsp3) is 0.650. The lowest BCUT2D eigenvalue weighted by Crippen LogP contribution is -2.29. The molecule has 0 spiro atoms. The molecule has 0 aliphatic carbocycles. The van der Waals surface area contributed by atoms with Crippen LogP contribution in [0, 0.1) is 0 Å². The number of nitrogens with one attached hydrogen (secondary N) is 1. The number of hydrogen-bond donors (Lipinski definition) is 1. The predicted octanol–water partition coefficient (Wildman–Crippen LogP) is 3.56. The predicted molar refractivity (Wildman–Crippen MR) is 98.1 cm³/mol. The van der Waals surface area contributed by atoms with Crippen molar-refractivity contribution in [2.24, 2.45) is 0 Å². The van der Waals surface area contributed by atoms with E-state index in [0.717, 1.165) is 44.3 Å². The van der Waals surface area contributed by atoms with Gasteiger partial charge in [-0.1, -0.05) is 38.5 Å². The van der Waals surface area contributed by atoms with E-state index in [1.54, 1.807) is 6.26 Å². The zero-order valence-electron chi connectivity index (χ0n) is 15.5. The normalized spacial score (nSPS) is 14.2. The molecule has 1 fully saturated rings. The van der Waals surface area contributed by atoms with Gasteiger partial charge >= 0.3 is 0 Å². The molecule has 0 radical (unpaired) electrons. The first-order valence-electron chi connectivity index (χ1n) is 9.79. The molecule has 0 unspecified atom stereocenters. The average Bonchev–Trinajstić information content (AvgIpc) is 3.26. The molecule has 0 atom stereocenters. The summed E-state index contributed by atoms with van der Waals surface area (Å²) in [4.78, 5) is 36.1. The second kappa shape index (κ2) is 11.5. The topological polar surface area (TPSA) is 79.6 Å². The van der Waals surface area contributed by atoms with Crippen LogP contribution in [0.1, 0.15) is 76.4 Å². The minimum Gasteiger partial charge on any atom is -0.467 e. The van der Waals surface area contributed by atoms with E-state index in [0.29, 0.717) is 32.4 Å². The summed E-state index contributed by atoms with van der Waals surface area (Å²) in [6, 6.07) is 3.66.